The number of aromatic hydroxyl groups is 1. The molecule has 2 saturated heterocycles. The molecule has 3 aliphatic rings. The first-order chi connectivity index (χ1) is 31.2. The Hall–Kier alpha value is -5.71. The smallest absolute Gasteiger partial charge is 0.246 e. The summed E-state index contributed by atoms with van der Waals surface area (Å²) < 4.78 is 2.04. The van der Waals surface area contributed by atoms with E-state index >= 15 is 0 Å². The van der Waals surface area contributed by atoms with Gasteiger partial charge in [0.2, 0.25) is 17.7 Å². The van der Waals surface area contributed by atoms with Gasteiger partial charge in [-0.3, -0.25) is 19.1 Å². The van der Waals surface area contributed by atoms with Crippen LogP contribution >= 0.6 is 11.3 Å². The minimum Gasteiger partial charge on any atom is -0.507 e. The molecule has 3 atom stereocenters. The van der Waals surface area contributed by atoms with Crippen molar-refractivity contribution in [2.45, 2.75) is 110 Å². The number of hydrogen-bond donors (Lipinski definition) is 5. The number of likely N-dealkylation sites (tertiary alicyclic amines) is 2. The van der Waals surface area contributed by atoms with E-state index in [2.05, 4.69) is 30.7 Å². The summed E-state index contributed by atoms with van der Waals surface area (Å²) in [5.41, 5.74) is 13.1. The van der Waals surface area contributed by atoms with Crippen molar-refractivity contribution in [3.8, 4) is 38.6 Å². The largest absolute Gasteiger partial charge is 0.507 e. The van der Waals surface area contributed by atoms with Gasteiger partial charge in [0.15, 0.2) is 5.82 Å². The molecule has 1 aliphatic carbocycles. The number of rotatable bonds is 13. The fourth-order valence-corrected chi connectivity index (χ4v) is 10.5. The zero-order valence-corrected chi connectivity index (χ0v) is 38.6. The van der Waals surface area contributed by atoms with Crippen LogP contribution in [-0.2, 0) is 20.9 Å². The van der Waals surface area contributed by atoms with Crippen molar-refractivity contribution in [1.82, 2.24) is 45.4 Å². The van der Waals surface area contributed by atoms with Gasteiger partial charge >= 0.3 is 0 Å². The number of amides is 3. The van der Waals surface area contributed by atoms with E-state index < -0.39 is 23.6 Å². The van der Waals surface area contributed by atoms with Crippen LogP contribution in [0.25, 0.3) is 32.8 Å². The lowest BCUT2D eigenvalue weighted by molar-refractivity contribution is -0.144. The van der Waals surface area contributed by atoms with Crippen LogP contribution in [0.15, 0.2) is 72.5 Å². The number of aliphatic hydroxyl groups excluding tert-OH is 1. The molecule has 1 saturated carbocycles. The predicted octanol–water partition coefficient (Wildman–Crippen LogP) is 6.37. The molecule has 3 amide bonds. The highest BCUT2D eigenvalue weighted by Gasteiger charge is 2.45. The standard InChI is InChI=1S/C49H62N10O5S/c1-30-43(65-29-52-30)33-13-11-32(12-14-33)25-51-47(63)41-23-37(60)28-58(41)48(64)44(49(2,3)4)54-46(62)34-15-9-31(10-16-34)17-20-57-21-18-36(19-22-57)59-27-35(26-53-59)39-24-40(55-56-45(39)50)38-7-5-6-8-42(38)61/h5-8,11-14,24,26-27,29,31,34,36-37,41,44,60-61H,9-10,15-23,25,28H2,1-4H3,(H2,50,56)(H,51,63)(H,54,62)/t31?,34?,37-,41+,44-/m1/s1. The maximum atomic E-state index is 14.2. The molecule has 0 unspecified atom stereocenters. The van der Waals surface area contributed by atoms with E-state index in [0.29, 0.717) is 23.0 Å². The van der Waals surface area contributed by atoms with Crippen molar-refractivity contribution in [3.05, 3.63) is 83.8 Å². The topological polar surface area (TPSA) is 205 Å². The molecule has 0 radical (unpaired) electrons. The number of nitrogens with zero attached hydrogens (tertiary/aromatic N) is 7. The molecule has 0 spiro atoms. The van der Waals surface area contributed by atoms with Gasteiger partial charge in [0.1, 0.15) is 17.8 Å². The number of benzene rings is 2. The van der Waals surface area contributed by atoms with E-state index in [9.17, 15) is 24.6 Å². The zero-order valence-electron chi connectivity index (χ0n) is 37.8. The fourth-order valence-electron chi connectivity index (χ4n) is 9.66. The van der Waals surface area contributed by atoms with Crippen LogP contribution in [0.2, 0.25) is 0 Å². The highest BCUT2D eigenvalue weighted by atomic mass is 32.1. The average Bonchev–Trinajstić information content (AvgIpc) is 4.07. The predicted molar refractivity (Wildman–Crippen MR) is 251 cm³/mol. The van der Waals surface area contributed by atoms with E-state index in [-0.39, 0.29) is 54.9 Å². The maximum absolute atomic E-state index is 14.2. The number of nitrogens with two attached hydrogens (primary N) is 1. The summed E-state index contributed by atoms with van der Waals surface area (Å²) in [6.45, 7) is 11.1. The number of nitrogen functional groups attached to an aromatic ring is 1. The Morgan fingerprint density at radius 3 is 2.37 bits per heavy atom. The minimum absolute atomic E-state index is 0.0403. The van der Waals surface area contributed by atoms with Gasteiger partial charge in [0.05, 0.1) is 40.1 Å². The van der Waals surface area contributed by atoms with Gasteiger partial charge < -0.3 is 36.4 Å². The number of carbonyl (C=O) groups excluding carboxylic acids is 3. The van der Waals surface area contributed by atoms with Crippen LogP contribution in [-0.4, -0.2) is 107 Å². The normalized spacial score (nSPS) is 21.3. The molecule has 3 fully saturated rings. The number of phenols is 1. The number of piperidine rings is 1. The summed E-state index contributed by atoms with van der Waals surface area (Å²) in [6.07, 6.45) is 9.68. The van der Waals surface area contributed by atoms with Crippen LogP contribution in [0.1, 0.15) is 89.4 Å². The molecule has 6 N–H and O–H groups in total. The molecule has 5 heterocycles. The number of β-amino-alcohol motifs (C(OH)–C–C–N with tert-alkyl or cyclic N) is 1. The Balaban J connectivity index is 0.782. The van der Waals surface area contributed by atoms with Crippen LogP contribution in [0.5, 0.6) is 5.75 Å². The first-order valence-corrected chi connectivity index (χ1v) is 23.8. The zero-order chi connectivity index (χ0) is 45.8. The lowest BCUT2D eigenvalue weighted by Crippen LogP contribution is -2.58. The SMILES string of the molecule is Cc1ncsc1-c1ccc(CNC(=O)[C@@H]2C[C@@H](O)CN2C(=O)[C@@H](NC(=O)C2CCC(CCN3CCC(n4cc(-c5cc(-c6ccccc6O)nnc5N)cn4)CC3)CC2)C(C)(C)C)cc1. The quantitative estimate of drug-likeness (QED) is 0.0879. The molecule has 65 heavy (non-hydrogen) atoms. The monoisotopic (exact) mass is 902 g/mol. The van der Waals surface area contributed by atoms with E-state index in [4.69, 9.17) is 10.8 Å². The number of hydrogen-bond acceptors (Lipinski definition) is 12. The number of aryl methyl sites for hydroxylation is 1. The van der Waals surface area contributed by atoms with Crippen molar-refractivity contribution in [3.63, 3.8) is 0 Å². The lowest BCUT2D eigenvalue weighted by atomic mass is 9.79. The minimum atomic E-state index is -0.846. The van der Waals surface area contributed by atoms with Crippen molar-refractivity contribution in [2.75, 3.05) is 31.9 Å². The van der Waals surface area contributed by atoms with Gasteiger partial charge in [-0.2, -0.15) is 5.10 Å². The molecule has 2 aliphatic heterocycles. The van der Waals surface area contributed by atoms with Gasteiger partial charge in [0, 0.05) is 61.4 Å². The molecule has 344 valence electrons. The Morgan fingerprint density at radius 2 is 1.68 bits per heavy atom. The summed E-state index contributed by atoms with van der Waals surface area (Å²) in [4.78, 5) is 51.1. The Labute approximate surface area is 384 Å². The molecule has 2 aromatic carbocycles. The third-order valence-electron chi connectivity index (χ3n) is 13.6. The molecule has 16 heteroatoms. The molecule has 3 aromatic heterocycles. The molecule has 0 bridgehead atoms. The van der Waals surface area contributed by atoms with Gasteiger partial charge in [0.25, 0.3) is 0 Å². The number of phenolic OH excluding ortho intramolecular Hbond substituents is 1. The highest BCUT2D eigenvalue weighted by molar-refractivity contribution is 7.13. The summed E-state index contributed by atoms with van der Waals surface area (Å²) in [7, 11) is 0. The van der Waals surface area contributed by atoms with Gasteiger partial charge in [-0.25, -0.2) is 4.98 Å². The Kier molecular flexibility index (Phi) is 14.0. The van der Waals surface area contributed by atoms with E-state index in [0.717, 1.165) is 97.4 Å². The summed E-state index contributed by atoms with van der Waals surface area (Å²) in [6, 6.07) is 15.4. The molecular weight excluding hydrogens is 841 g/mol. The maximum Gasteiger partial charge on any atom is 0.246 e. The van der Waals surface area contributed by atoms with E-state index in [1.54, 1.807) is 29.5 Å². The number of para-hydroxylation sites is 1. The van der Waals surface area contributed by atoms with E-state index in [1.807, 2.05) is 86.7 Å². The van der Waals surface area contributed by atoms with Crippen molar-refractivity contribution >= 4 is 34.9 Å². The third-order valence-corrected chi connectivity index (χ3v) is 14.6. The van der Waals surface area contributed by atoms with Crippen molar-refractivity contribution in [2.24, 2.45) is 17.3 Å². The van der Waals surface area contributed by atoms with Gasteiger partial charge in [-0.15, -0.1) is 21.5 Å². The average molecular weight is 903 g/mol. The summed E-state index contributed by atoms with van der Waals surface area (Å²) in [5.74, 6) is 0.0293. The number of anilines is 1. The number of aliphatic hydroxyl groups is 1. The number of carbonyl (C=O) groups is 3. The van der Waals surface area contributed by atoms with Crippen LogP contribution in [0.3, 0.4) is 0 Å². The Morgan fingerprint density at radius 1 is 0.938 bits per heavy atom. The van der Waals surface area contributed by atoms with Crippen molar-refractivity contribution < 1.29 is 24.6 Å². The molecule has 5 aromatic rings. The lowest BCUT2D eigenvalue weighted by Gasteiger charge is -2.37. The number of nitrogens with one attached hydrogen (secondary N) is 2. The summed E-state index contributed by atoms with van der Waals surface area (Å²) >= 11 is 1.59. The first kappa shape index (κ1) is 45.8. The highest BCUT2D eigenvalue weighted by Crippen LogP contribution is 2.36. The summed E-state index contributed by atoms with van der Waals surface area (Å²) in [5, 5.41) is 40.2. The third kappa shape index (κ3) is 10.7. The second kappa shape index (κ2) is 19.8. The van der Waals surface area contributed by atoms with E-state index in [1.165, 1.54) is 4.90 Å². The van der Waals surface area contributed by atoms with Crippen LogP contribution in [0, 0.1) is 24.2 Å². The molecule has 15 nitrogen and oxygen atoms in total. The second-order valence-electron chi connectivity index (χ2n) is 19.2. The fraction of sp³-hybridized carbons (Fsp3) is 0.490. The molecular formula is C49H62N10O5S. The number of aromatic nitrogens is 5. The molecule has 8 rings (SSSR count). The van der Waals surface area contributed by atoms with Gasteiger partial charge in [-0.1, -0.05) is 57.2 Å². The van der Waals surface area contributed by atoms with Gasteiger partial charge in [-0.05, 0) is 99.1 Å². The second-order valence-corrected chi connectivity index (χ2v) is 20.1. The number of thiazole rings is 1. The van der Waals surface area contributed by atoms with Crippen LogP contribution in [0.4, 0.5) is 5.82 Å². The first-order valence-electron chi connectivity index (χ1n) is 23.0. The Bertz CT molecular complexity index is 2450. The van der Waals surface area contributed by atoms with Crippen LogP contribution < -0.4 is 16.4 Å². The van der Waals surface area contributed by atoms with Crippen molar-refractivity contribution in [1.29, 1.82) is 0 Å².